The number of hydrogen-bond donors (Lipinski definition) is 3. The van der Waals surface area contributed by atoms with E-state index in [4.69, 9.17) is 11.5 Å². The predicted molar refractivity (Wildman–Crippen MR) is 142 cm³/mol. The molecule has 0 radical (unpaired) electrons. The van der Waals surface area contributed by atoms with Crippen LogP contribution < -0.4 is 16.4 Å². The molecule has 0 amide bonds. The zero-order valence-electron chi connectivity index (χ0n) is 21.1. The van der Waals surface area contributed by atoms with E-state index in [-0.39, 0.29) is 30.4 Å². The largest absolute Gasteiger partial charge is 0.506 e. The van der Waals surface area contributed by atoms with Gasteiger partial charge in [0.25, 0.3) is 0 Å². The predicted octanol–water partition coefficient (Wildman–Crippen LogP) is 3.49. The summed E-state index contributed by atoms with van der Waals surface area (Å²) in [4.78, 5) is 23.1. The standard InChI is InChI=1S/C27H24F3N9O/c28-17-3-2-15(8-18(17)29)19-9-16(11-39-14-36-23-25(31)34-13-35-26(23)39)20(10-33-19)38-7-1-6-27(32,12-38)24-21(40)4-5-22(30)37-24/h2-5,8-10,13-14,40H,1,6-7,11-12,32H2,(H2,31,34,35)/t27-/m1/s1. The number of aromatic hydroxyl groups is 1. The van der Waals surface area contributed by atoms with E-state index in [1.54, 1.807) is 23.2 Å². The Labute approximate surface area is 226 Å². The van der Waals surface area contributed by atoms with Crippen LogP contribution >= 0.6 is 0 Å². The third kappa shape index (κ3) is 4.53. The third-order valence-electron chi connectivity index (χ3n) is 7.13. The van der Waals surface area contributed by atoms with E-state index in [0.29, 0.717) is 47.5 Å². The maximum Gasteiger partial charge on any atom is 0.213 e. The molecule has 10 nitrogen and oxygen atoms in total. The quantitative estimate of drug-likeness (QED) is 0.282. The first-order valence-electron chi connectivity index (χ1n) is 12.5. The average Bonchev–Trinajstić information content (AvgIpc) is 3.35. The number of anilines is 2. The van der Waals surface area contributed by atoms with Crippen LogP contribution in [-0.2, 0) is 12.1 Å². The number of aromatic nitrogens is 6. The van der Waals surface area contributed by atoms with Crippen LogP contribution in [0.25, 0.3) is 22.4 Å². The number of fused-ring (bicyclic) bond motifs is 1. The molecule has 13 heteroatoms. The Morgan fingerprint density at radius 2 is 1.85 bits per heavy atom. The van der Waals surface area contributed by atoms with Crippen molar-refractivity contribution < 1.29 is 18.3 Å². The molecule has 0 spiro atoms. The van der Waals surface area contributed by atoms with Gasteiger partial charge >= 0.3 is 0 Å². The molecule has 40 heavy (non-hydrogen) atoms. The molecule has 1 atom stereocenters. The Hall–Kier alpha value is -4.78. The number of nitrogens with zero attached hydrogens (tertiary/aromatic N) is 7. The highest BCUT2D eigenvalue weighted by Gasteiger charge is 2.38. The van der Waals surface area contributed by atoms with Crippen LogP contribution in [0.4, 0.5) is 24.7 Å². The number of halogens is 3. The summed E-state index contributed by atoms with van der Waals surface area (Å²) in [5.41, 5.74) is 14.9. The molecule has 1 fully saturated rings. The summed E-state index contributed by atoms with van der Waals surface area (Å²) in [6.45, 7) is 1.10. The molecule has 1 aliphatic heterocycles. The smallest absolute Gasteiger partial charge is 0.213 e. The van der Waals surface area contributed by atoms with Gasteiger partial charge in [-0.15, -0.1) is 0 Å². The molecular formula is C27H24F3N9O. The molecule has 5 aromatic rings. The van der Waals surface area contributed by atoms with Gasteiger partial charge in [0.05, 0.1) is 36.0 Å². The summed E-state index contributed by atoms with van der Waals surface area (Å²) < 4.78 is 43.4. The Bertz CT molecular complexity index is 1740. The number of imidazole rings is 1. The fraction of sp³-hybridized carbons (Fsp3) is 0.222. The fourth-order valence-electron chi connectivity index (χ4n) is 5.19. The third-order valence-corrected chi connectivity index (χ3v) is 7.13. The maximum absolute atomic E-state index is 14.0. The van der Waals surface area contributed by atoms with Crippen molar-refractivity contribution in [2.75, 3.05) is 23.7 Å². The topological polar surface area (TPSA) is 145 Å². The van der Waals surface area contributed by atoms with Gasteiger partial charge in [0.2, 0.25) is 5.95 Å². The number of piperidine rings is 1. The van der Waals surface area contributed by atoms with Crippen molar-refractivity contribution >= 4 is 22.7 Å². The lowest BCUT2D eigenvalue weighted by Gasteiger charge is -2.41. The summed E-state index contributed by atoms with van der Waals surface area (Å²) in [7, 11) is 0. The minimum Gasteiger partial charge on any atom is -0.506 e. The van der Waals surface area contributed by atoms with Gasteiger partial charge in [-0.25, -0.2) is 28.7 Å². The van der Waals surface area contributed by atoms with Crippen LogP contribution in [0.1, 0.15) is 24.1 Å². The van der Waals surface area contributed by atoms with Gasteiger partial charge in [0, 0.05) is 18.7 Å². The van der Waals surface area contributed by atoms with Crippen molar-refractivity contribution in [3.05, 3.63) is 84.1 Å². The Morgan fingerprint density at radius 3 is 2.67 bits per heavy atom. The van der Waals surface area contributed by atoms with E-state index in [1.807, 2.05) is 4.90 Å². The molecule has 4 aromatic heterocycles. The highest BCUT2D eigenvalue weighted by Crippen LogP contribution is 2.37. The minimum absolute atomic E-state index is 0.0814. The molecule has 1 saturated heterocycles. The van der Waals surface area contributed by atoms with Gasteiger partial charge in [-0.1, -0.05) is 0 Å². The molecule has 0 aliphatic carbocycles. The highest BCUT2D eigenvalue weighted by atomic mass is 19.2. The van der Waals surface area contributed by atoms with Gasteiger partial charge in [-0.2, -0.15) is 4.39 Å². The second-order valence-corrected chi connectivity index (χ2v) is 9.81. The summed E-state index contributed by atoms with van der Waals surface area (Å²) in [6.07, 6.45) is 5.69. The van der Waals surface area contributed by atoms with Crippen molar-refractivity contribution in [3.63, 3.8) is 0 Å². The molecule has 204 valence electrons. The van der Waals surface area contributed by atoms with Crippen molar-refractivity contribution in [1.82, 2.24) is 29.5 Å². The van der Waals surface area contributed by atoms with Gasteiger partial charge < -0.3 is 26.0 Å². The van der Waals surface area contributed by atoms with Crippen molar-refractivity contribution in [2.24, 2.45) is 5.73 Å². The van der Waals surface area contributed by atoms with Crippen LogP contribution in [0, 0.1) is 17.6 Å². The maximum atomic E-state index is 14.0. The summed E-state index contributed by atoms with van der Waals surface area (Å²) >= 11 is 0. The first-order chi connectivity index (χ1) is 19.2. The zero-order valence-corrected chi connectivity index (χ0v) is 21.1. The highest BCUT2D eigenvalue weighted by molar-refractivity contribution is 5.81. The molecule has 0 bridgehead atoms. The van der Waals surface area contributed by atoms with E-state index in [1.165, 1.54) is 18.5 Å². The normalized spacial score (nSPS) is 17.4. The lowest BCUT2D eigenvalue weighted by Crippen LogP contribution is -2.52. The van der Waals surface area contributed by atoms with Crippen LogP contribution in [-0.4, -0.2) is 47.7 Å². The Morgan fingerprint density at radius 1 is 1.00 bits per heavy atom. The Balaban J connectivity index is 1.43. The van der Waals surface area contributed by atoms with Gasteiger partial charge in [0.1, 0.15) is 23.3 Å². The molecule has 1 aromatic carbocycles. The summed E-state index contributed by atoms with van der Waals surface area (Å²) in [5.74, 6) is -2.61. The molecule has 5 heterocycles. The number of hydrogen-bond acceptors (Lipinski definition) is 9. The van der Waals surface area contributed by atoms with Crippen LogP contribution in [0.5, 0.6) is 5.75 Å². The summed E-state index contributed by atoms with van der Waals surface area (Å²) in [5, 5.41) is 10.4. The fourth-order valence-corrected chi connectivity index (χ4v) is 5.19. The molecule has 1 aliphatic rings. The van der Waals surface area contributed by atoms with Gasteiger partial charge in [-0.3, -0.25) is 4.98 Å². The van der Waals surface area contributed by atoms with E-state index in [2.05, 4.69) is 24.9 Å². The van der Waals surface area contributed by atoms with Crippen molar-refractivity contribution in [1.29, 1.82) is 0 Å². The second-order valence-electron chi connectivity index (χ2n) is 9.81. The lowest BCUT2D eigenvalue weighted by molar-refractivity contribution is 0.323. The first kappa shape index (κ1) is 25.5. The molecule has 0 saturated carbocycles. The number of pyridine rings is 2. The molecule has 0 unspecified atom stereocenters. The lowest BCUT2D eigenvalue weighted by atomic mass is 9.85. The Kier molecular flexibility index (Phi) is 6.22. The SMILES string of the molecule is Nc1ncnc2c1ncn2Cc1cc(-c2ccc(F)c(F)c2)ncc1N1CCC[C@](N)(c2nc(F)ccc2O)C1. The van der Waals surface area contributed by atoms with Crippen molar-refractivity contribution in [3.8, 4) is 17.0 Å². The minimum atomic E-state index is -1.14. The summed E-state index contributed by atoms with van der Waals surface area (Å²) in [6, 6.07) is 7.69. The van der Waals surface area contributed by atoms with Crippen LogP contribution in [0.3, 0.4) is 0 Å². The number of nitrogens with two attached hydrogens (primary N) is 2. The van der Waals surface area contributed by atoms with Crippen LogP contribution in [0.15, 0.2) is 55.2 Å². The van der Waals surface area contributed by atoms with E-state index >= 15 is 0 Å². The van der Waals surface area contributed by atoms with E-state index in [0.717, 1.165) is 23.8 Å². The molecular weight excluding hydrogens is 523 g/mol. The van der Waals surface area contributed by atoms with Gasteiger partial charge in [-0.05, 0) is 54.8 Å². The van der Waals surface area contributed by atoms with Crippen molar-refractivity contribution in [2.45, 2.75) is 24.9 Å². The van der Waals surface area contributed by atoms with Crippen LogP contribution in [0.2, 0.25) is 0 Å². The zero-order chi connectivity index (χ0) is 28.0. The van der Waals surface area contributed by atoms with E-state index in [9.17, 15) is 18.3 Å². The van der Waals surface area contributed by atoms with E-state index < -0.39 is 23.1 Å². The molecule has 5 N–H and O–H groups in total. The number of nitrogen functional groups attached to an aromatic ring is 1. The monoisotopic (exact) mass is 547 g/mol. The molecule has 6 rings (SSSR count). The second kappa shape index (κ2) is 9.75. The first-order valence-corrected chi connectivity index (χ1v) is 12.5. The number of benzene rings is 1. The average molecular weight is 548 g/mol. The number of rotatable bonds is 5. The van der Waals surface area contributed by atoms with Gasteiger partial charge in [0.15, 0.2) is 23.1 Å².